The van der Waals surface area contributed by atoms with Gasteiger partial charge in [0.05, 0.1) is 104 Å². The van der Waals surface area contributed by atoms with E-state index in [0.717, 1.165) is 218 Å². The molecule has 5 aromatic heterocycles. The molecule has 10 heterocycles. The van der Waals surface area contributed by atoms with Crippen molar-refractivity contribution in [1.82, 2.24) is 116 Å². The second-order valence-electron chi connectivity index (χ2n) is 37.5. The normalized spacial score (nSPS) is 15.3. The summed E-state index contributed by atoms with van der Waals surface area (Å²) >= 11 is 51.0. The standard InChI is InChI=1S/C29H35Cl2N5O3S.C26H27Cl2N7O3S.C26H29Cl2N7O.C25H27Cl2N5O3/c1-20-9-11-22(12-10-20)28-24(18-32-40(38,39)19-21-7-3-4-8-21)27(29(37)34-35-15-5-2-6-16-35)33-36(28)26-14-13-23(30)17-25(26)31;1-17-5-7-18(8-6-17)25-20(14-31-39(37,38)23-15-29-16-30-23)24(26(36)33-34-11-3-2-4-12-34)32-35(25)22-10-9-19(27)13-21(22)28;1-17-5-7-18(8-6-17)24-20(16-31-26-29-11-12-30-26)23(25(36)33-34-13-3-2-4-14-34)32-35(24)22-10-9-19(27)15-21(22)28;1-16-6-8-17(9-7-16)23-19(15-28-25(34)35-2)22(24(33)30-31-12-4-3-5-13-31)29-32(23)21-11-10-18(26)14-20(21)27/h9-14,17,21,32H,2-8,15-16,18-19H2,1H3,(H,34,37);5-10,13,15-16,31H,2-4,11-12,14H2,1H3,(H,29,30)(H,33,36);5-10,15H,2-4,11-14,16H2,1H3,(H,33,36)(H2,29,30,31);6-11,14H,3-5,12-13,15H2,1-2H3,(H,28,34)(H,30,33). The Morgan fingerprint density at radius 1 is 0.387 bits per heavy atom. The first-order valence-corrected chi connectivity index (χ1v) is 56.1. The van der Waals surface area contributed by atoms with Crippen LogP contribution < -0.4 is 47.1 Å². The van der Waals surface area contributed by atoms with Gasteiger partial charge in [0.25, 0.3) is 33.7 Å². The number of benzene rings is 8. The van der Waals surface area contributed by atoms with Crippen LogP contribution >= 0.6 is 92.8 Å². The number of carbonyl (C=O) groups is 5. The minimum atomic E-state index is -3.95. The van der Waals surface area contributed by atoms with Gasteiger partial charge < -0.3 is 25.7 Å². The Bertz CT molecular complexity index is 7250. The van der Waals surface area contributed by atoms with Crippen molar-refractivity contribution >= 4 is 149 Å². The number of imidazole rings is 1. The molecular formula is C106H118Cl8N24O10S2. The number of methoxy groups -OCH3 is 1. The summed E-state index contributed by atoms with van der Waals surface area (Å²) in [5.74, 6) is -0.470. The Kier molecular flexibility index (Phi) is 38.1. The Hall–Kier alpha value is -11.8. The Balaban J connectivity index is 0.000000143. The van der Waals surface area contributed by atoms with Crippen LogP contribution in [0.1, 0.15) is 189 Å². The first kappa shape index (κ1) is 111. The number of carbonyl (C=O) groups excluding carboxylic acids is 5. The lowest BCUT2D eigenvalue weighted by molar-refractivity contribution is 0.0736. The van der Waals surface area contributed by atoms with Crippen molar-refractivity contribution in [2.24, 2.45) is 10.9 Å². The van der Waals surface area contributed by atoms with Gasteiger partial charge in [0.15, 0.2) is 33.8 Å². The first-order valence-electron chi connectivity index (χ1n) is 49.9. The summed E-state index contributed by atoms with van der Waals surface area (Å²) in [7, 11) is -6.24. The maximum absolute atomic E-state index is 13.7. The minimum absolute atomic E-state index is 0.0316. The summed E-state index contributed by atoms with van der Waals surface area (Å²) in [5.41, 5.74) is 27.3. The SMILES string of the molecule is COC(=O)NCc1c(C(=O)NN2CCCCC2)nn(-c2ccc(Cl)cc2Cl)c1-c1ccc(C)cc1.Cc1ccc(-c2c(CNC3=NCCN3)c(C(=O)NN3CCCCC3)nn2-c2ccc(Cl)cc2Cl)cc1.Cc1ccc(-c2c(CNS(=O)(=O)CC3CCCC3)c(C(=O)NN3CCCCC3)nn2-c2ccc(Cl)cc2Cl)cc1.Cc1ccc(-c2c(CNS(=O)(=O)c3cnc[nH]3)c(C(=O)NN3CCCCC3)nn2-c2ccc(Cl)cc2Cl)cc1. The lowest BCUT2D eigenvalue weighted by Crippen LogP contribution is -2.45. The van der Waals surface area contributed by atoms with Crippen LogP contribution in [-0.2, 0) is 51.0 Å². The number of guanidine groups is 1. The van der Waals surface area contributed by atoms with Crippen LogP contribution in [0.15, 0.2) is 192 Å². The number of aryl methyl sites for hydroxylation is 4. The number of piperidine rings is 4. The van der Waals surface area contributed by atoms with Gasteiger partial charge in [-0.3, -0.25) is 45.9 Å². The van der Waals surface area contributed by atoms with Crippen LogP contribution in [0, 0.1) is 33.6 Å². The number of nitrogens with zero attached hydrogens (tertiary/aromatic N) is 14. The number of alkyl carbamates (subject to hydrolysis) is 1. The molecule has 5 fully saturated rings. The van der Waals surface area contributed by atoms with E-state index >= 15 is 0 Å². The molecule has 6 aliphatic rings. The van der Waals surface area contributed by atoms with E-state index in [2.05, 4.69) is 62.1 Å². The highest BCUT2D eigenvalue weighted by Crippen LogP contribution is 2.41. The van der Waals surface area contributed by atoms with Crippen LogP contribution in [-0.4, -0.2) is 200 Å². The quantitative estimate of drug-likeness (QED) is 0.0208. The minimum Gasteiger partial charge on any atom is -0.453 e. The van der Waals surface area contributed by atoms with Gasteiger partial charge >= 0.3 is 6.09 Å². The van der Waals surface area contributed by atoms with E-state index in [4.69, 9.17) is 118 Å². The summed E-state index contributed by atoms with van der Waals surface area (Å²) in [5, 5.41) is 39.3. The number of hydrazine groups is 4. The van der Waals surface area contributed by atoms with Crippen LogP contribution in [0.5, 0.6) is 0 Å². The van der Waals surface area contributed by atoms with Crippen molar-refractivity contribution in [1.29, 1.82) is 0 Å². The van der Waals surface area contributed by atoms with Gasteiger partial charge in [0.1, 0.15) is 0 Å². The molecular weight excluding hydrogens is 2120 g/mol. The van der Waals surface area contributed by atoms with Crippen LogP contribution in [0.3, 0.4) is 0 Å². The average Bonchev–Trinajstić information content (AvgIpc) is 1.62. The number of aliphatic imine (C=N–C) groups is 1. The van der Waals surface area contributed by atoms with E-state index in [1.807, 2.05) is 151 Å². The fourth-order valence-corrected chi connectivity index (χ4v) is 22.9. The molecule has 150 heavy (non-hydrogen) atoms. The number of rotatable bonds is 29. The van der Waals surface area contributed by atoms with Crippen LogP contribution in [0.25, 0.3) is 67.8 Å². The second-order valence-corrected chi connectivity index (χ2v) is 44.5. The van der Waals surface area contributed by atoms with Crippen molar-refractivity contribution in [3.63, 3.8) is 0 Å². The van der Waals surface area contributed by atoms with Gasteiger partial charge in [-0.2, -0.15) is 20.4 Å². The highest BCUT2D eigenvalue weighted by atomic mass is 35.5. The summed E-state index contributed by atoms with van der Waals surface area (Å²) in [6, 6.07) is 51.9. The molecule has 44 heteroatoms. The molecule has 34 nitrogen and oxygen atoms in total. The van der Waals surface area contributed by atoms with Gasteiger partial charge in [-0.25, -0.2) is 74.8 Å². The van der Waals surface area contributed by atoms with E-state index in [-0.39, 0.29) is 71.1 Å². The molecule has 13 aromatic rings. The van der Waals surface area contributed by atoms with Crippen molar-refractivity contribution in [3.05, 3.63) is 290 Å². The maximum atomic E-state index is 13.7. The molecule has 19 rings (SSSR count). The highest BCUT2D eigenvalue weighted by molar-refractivity contribution is 7.89. The molecule has 0 bridgehead atoms. The lowest BCUT2D eigenvalue weighted by Gasteiger charge is -2.26. The number of ether oxygens (including phenoxy) is 1. The Labute approximate surface area is 911 Å². The molecule has 5 amide bonds. The molecule has 0 unspecified atom stereocenters. The third-order valence-electron chi connectivity index (χ3n) is 26.4. The molecule has 8 aromatic carbocycles. The monoisotopic (exact) mass is 2230 g/mol. The molecule has 1 aliphatic carbocycles. The number of amides is 5. The van der Waals surface area contributed by atoms with Crippen molar-refractivity contribution in [2.45, 2.75) is 162 Å². The fourth-order valence-electron chi connectivity index (χ4n) is 18.6. The predicted octanol–water partition coefficient (Wildman–Crippen LogP) is 19.9. The predicted molar refractivity (Wildman–Crippen MR) is 588 cm³/mol. The van der Waals surface area contributed by atoms with Gasteiger partial charge in [-0.05, 0) is 171 Å². The summed E-state index contributed by atoms with van der Waals surface area (Å²) in [6.07, 6.45) is 18.5. The molecule has 4 saturated heterocycles. The van der Waals surface area contributed by atoms with Crippen molar-refractivity contribution < 1.29 is 45.5 Å². The number of hydrogen-bond donors (Lipinski definition) is 10. The zero-order valence-electron chi connectivity index (χ0n) is 83.5. The van der Waals surface area contributed by atoms with Crippen molar-refractivity contribution in [2.75, 3.05) is 78.3 Å². The number of nitrogens with one attached hydrogen (secondary N) is 10. The molecule has 10 N–H and O–H groups in total. The number of hydrogen-bond acceptors (Lipinski definition) is 22. The number of halogens is 8. The lowest BCUT2D eigenvalue weighted by atomic mass is 10.0. The van der Waals surface area contributed by atoms with Gasteiger partial charge in [-0.1, -0.05) is 251 Å². The van der Waals surface area contributed by atoms with E-state index in [1.54, 1.807) is 85.5 Å². The highest BCUT2D eigenvalue weighted by Gasteiger charge is 2.36. The zero-order valence-corrected chi connectivity index (χ0v) is 91.2. The van der Waals surface area contributed by atoms with Gasteiger partial charge in [0.2, 0.25) is 10.0 Å². The Morgan fingerprint density at radius 3 is 0.980 bits per heavy atom. The molecule has 0 atom stereocenters. The summed E-state index contributed by atoms with van der Waals surface area (Å²) in [6.45, 7) is 15.8. The van der Waals surface area contributed by atoms with Crippen molar-refractivity contribution in [3.8, 4) is 67.8 Å². The average molecular weight is 2240 g/mol. The van der Waals surface area contributed by atoms with Gasteiger partial charge in [-0.15, -0.1) is 0 Å². The summed E-state index contributed by atoms with van der Waals surface area (Å²) < 4.78 is 68.9. The second kappa shape index (κ2) is 51.6. The number of sulfonamides is 2. The molecule has 0 spiro atoms. The molecule has 790 valence electrons. The van der Waals surface area contributed by atoms with E-state index in [9.17, 15) is 40.8 Å². The molecule has 0 radical (unpaired) electrons. The number of H-pyrrole nitrogens is 1. The maximum Gasteiger partial charge on any atom is 0.407 e. The van der Waals surface area contributed by atoms with Gasteiger partial charge in [0, 0.05) is 143 Å². The molecule has 1 saturated carbocycles. The Morgan fingerprint density at radius 2 is 0.693 bits per heavy atom. The fraction of sp³-hybridized carbons (Fsp3) is 0.349. The topological polar surface area (TPSA) is 396 Å². The smallest absolute Gasteiger partial charge is 0.407 e. The third-order valence-corrected chi connectivity index (χ3v) is 31.4. The zero-order chi connectivity index (χ0) is 106. The van der Waals surface area contributed by atoms with E-state index < -0.39 is 32.0 Å². The van der Waals surface area contributed by atoms with E-state index in [1.165, 1.54) is 26.1 Å². The van der Waals surface area contributed by atoms with Crippen LogP contribution in [0.4, 0.5) is 4.79 Å². The number of aromatic nitrogens is 10. The van der Waals surface area contributed by atoms with Crippen LogP contribution in [0.2, 0.25) is 40.2 Å². The molecule has 5 aliphatic heterocycles. The van der Waals surface area contributed by atoms with E-state index in [0.29, 0.717) is 115 Å². The number of aromatic amines is 1. The first-order chi connectivity index (χ1) is 72.3. The third kappa shape index (κ3) is 28.4. The summed E-state index contributed by atoms with van der Waals surface area (Å²) in [4.78, 5) is 77.2. The largest absolute Gasteiger partial charge is 0.453 e.